The van der Waals surface area contributed by atoms with Crippen molar-refractivity contribution in [3.05, 3.63) is 30.3 Å². The van der Waals surface area contributed by atoms with Gasteiger partial charge in [0.15, 0.2) is 6.10 Å². The number of ether oxygens (including phenoxy) is 1. The Kier molecular flexibility index (Phi) is 7.06. The van der Waals surface area contributed by atoms with E-state index in [1.54, 1.807) is 19.1 Å². The van der Waals surface area contributed by atoms with Crippen molar-refractivity contribution in [1.29, 1.82) is 0 Å². The molecule has 3 nitrogen and oxygen atoms in total. The Morgan fingerprint density at radius 3 is 2.27 bits per heavy atom. The molecule has 15 heavy (non-hydrogen) atoms. The van der Waals surface area contributed by atoms with E-state index in [1.165, 1.54) is 0 Å². The number of hydrogen-bond donors (Lipinski definition) is 1. The van der Waals surface area contributed by atoms with Gasteiger partial charge >= 0.3 is 5.97 Å². The molecule has 0 aliphatic carbocycles. The van der Waals surface area contributed by atoms with Crippen molar-refractivity contribution in [2.24, 2.45) is 0 Å². The summed E-state index contributed by atoms with van der Waals surface area (Å²) in [4.78, 5) is 10.6. The maximum absolute atomic E-state index is 10.6. The van der Waals surface area contributed by atoms with Crippen LogP contribution >= 0.6 is 0 Å². The van der Waals surface area contributed by atoms with Crippen LogP contribution in [0.25, 0.3) is 0 Å². The molecule has 1 N–H and O–H groups in total. The smallest absolute Gasteiger partial charge is 0.344 e. The van der Waals surface area contributed by atoms with Gasteiger partial charge in [0.25, 0.3) is 0 Å². The first-order valence-electron chi connectivity index (χ1n) is 5.18. The lowest BCUT2D eigenvalue weighted by Crippen LogP contribution is -2.25. The zero-order valence-electron chi connectivity index (χ0n) is 9.43. The molecule has 1 aromatic rings. The Morgan fingerprint density at radius 1 is 1.33 bits per heavy atom. The third-order valence-corrected chi connectivity index (χ3v) is 1.67. The molecule has 84 valence electrons. The normalized spacial score (nSPS) is 10.9. The quantitative estimate of drug-likeness (QED) is 0.831. The fourth-order valence-corrected chi connectivity index (χ4v) is 0.972. The number of hydrogen-bond acceptors (Lipinski definition) is 2. The van der Waals surface area contributed by atoms with Crippen LogP contribution < -0.4 is 4.74 Å². The SMILES string of the molecule is CC.CCC(Oc1ccccc1)C(=O)O. The van der Waals surface area contributed by atoms with Crippen LogP contribution in [-0.2, 0) is 4.79 Å². The highest BCUT2D eigenvalue weighted by Crippen LogP contribution is 2.12. The number of carboxylic acid groups (broad SMARTS) is 1. The highest BCUT2D eigenvalue weighted by Gasteiger charge is 2.15. The standard InChI is InChI=1S/C10H12O3.C2H6/c1-2-9(10(11)12)13-8-6-4-3-5-7-8;1-2/h3-7,9H,2H2,1H3,(H,11,12);1-2H3. The molecule has 3 heteroatoms. The van der Waals surface area contributed by atoms with Gasteiger partial charge in [-0.1, -0.05) is 39.0 Å². The number of carbonyl (C=O) groups is 1. The van der Waals surface area contributed by atoms with E-state index in [0.717, 1.165) is 0 Å². The van der Waals surface area contributed by atoms with Crippen molar-refractivity contribution in [2.45, 2.75) is 33.3 Å². The average molecular weight is 210 g/mol. The second-order valence-corrected chi connectivity index (χ2v) is 2.67. The van der Waals surface area contributed by atoms with Gasteiger partial charge in [-0.3, -0.25) is 0 Å². The van der Waals surface area contributed by atoms with Crippen LogP contribution in [0, 0.1) is 0 Å². The number of rotatable bonds is 4. The maximum Gasteiger partial charge on any atom is 0.344 e. The van der Waals surface area contributed by atoms with E-state index in [1.807, 2.05) is 32.0 Å². The third kappa shape index (κ3) is 5.05. The van der Waals surface area contributed by atoms with E-state index < -0.39 is 12.1 Å². The fraction of sp³-hybridized carbons (Fsp3) is 0.417. The molecule has 0 bridgehead atoms. The van der Waals surface area contributed by atoms with Gasteiger partial charge in [-0.2, -0.15) is 0 Å². The number of aliphatic carboxylic acids is 1. The first-order chi connectivity index (χ1) is 7.24. The molecule has 1 unspecified atom stereocenters. The highest BCUT2D eigenvalue weighted by atomic mass is 16.5. The van der Waals surface area contributed by atoms with Gasteiger partial charge in [-0.05, 0) is 18.6 Å². The molecular formula is C12H18O3. The summed E-state index contributed by atoms with van der Waals surface area (Å²) >= 11 is 0. The molecule has 0 aliphatic rings. The largest absolute Gasteiger partial charge is 0.479 e. The molecule has 0 saturated carbocycles. The van der Waals surface area contributed by atoms with Gasteiger partial charge in [0.05, 0.1) is 0 Å². The molecule has 0 aromatic heterocycles. The molecule has 0 heterocycles. The highest BCUT2D eigenvalue weighted by molar-refractivity contribution is 5.72. The third-order valence-electron chi connectivity index (χ3n) is 1.67. The van der Waals surface area contributed by atoms with E-state index in [0.29, 0.717) is 12.2 Å². The van der Waals surface area contributed by atoms with Gasteiger partial charge in [0.2, 0.25) is 0 Å². The Labute approximate surface area is 90.7 Å². The van der Waals surface area contributed by atoms with Crippen molar-refractivity contribution < 1.29 is 14.6 Å². The zero-order chi connectivity index (χ0) is 11.7. The molecule has 0 saturated heterocycles. The predicted molar refractivity (Wildman–Crippen MR) is 60.1 cm³/mol. The lowest BCUT2D eigenvalue weighted by atomic mass is 10.3. The summed E-state index contributed by atoms with van der Waals surface area (Å²) < 4.78 is 5.23. The average Bonchev–Trinajstić information content (AvgIpc) is 2.29. The Morgan fingerprint density at radius 2 is 1.87 bits per heavy atom. The molecule has 0 aliphatic heterocycles. The predicted octanol–water partition coefficient (Wildman–Crippen LogP) is 2.95. The molecule has 1 aromatic carbocycles. The van der Waals surface area contributed by atoms with Crippen LogP contribution in [-0.4, -0.2) is 17.2 Å². The molecule has 0 amide bonds. The Bertz CT molecular complexity index is 269. The summed E-state index contributed by atoms with van der Waals surface area (Å²) in [7, 11) is 0. The molecular weight excluding hydrogens is 192 g/mol. The first-order valence-corrected chi connectivity index (χ1v) is 5.18. The van der Waals surface area contributed by atoms with Gasteiger partial charge in [0, 0.05) is 0 Å². The fourth-order valence-electron chi connectivity index (χ4n) is 0.972. The van der Waals surface area contributed by atoms with Crippen LogP contribution in [0.3, 0.4) is 0 Å². The van der Waals surface area contributed by atoms with Crippen LogP contribution in [0.15, 0.2) is 30.3 Å². The van der Waals surface area contributed by atoms with Gasteiger partial charge in [-0.15, -0.1) is 0 Å². The summed E-state index contributed by atoms with van der Waals surface area (Å²) in [5.74, 6) is -0.330. The summed E-state index contributed by atoms with van der Waals surface area (Å²) in [6, 6.07) is 8.96. The van der Waals surface area contributed by atoms with E-state index in [2.05, 4.69) is 0 Å². The first kappa shape index (κ1) is 13.5. The molecule has 0 fully saturated rings. The molecule has 0 radical (unpaired) electrons. The topological polar surface area (TPSA) is 46.5 Å². The van der Waals surface area contributed by atoms with E-state index in [9.17, 15) is 4.79 Å². The number of para-hydroxylation sites is 1. The van der Waals surface area contributed by atoms with Gasteiger partial charge < -0.3 is 9.84 Å². The van der Waals surface area contributed by atoms with Crippen molar-refractivity contribution in [2.75, 3.05) is 0 Å². The minimum Gasteiger partial charge on any atom is -0.479 e. The summed E-state index contributed by atoms with van der Waals surface area (Å²) in [6.45, 7) is 5.78. The number of carboxylic acids is 1. The second kappa shape index (κ2) is 7.85. The van der Waals surface area contributed by atoms with Crippen molar-refractivity contribution in [3.63, 3.8) is 0 Å². The summed E-state index contributed by atoms with van der Waals surface area (Å²) in [5.41, 5.74) is 0. The van der Waals surface area contributed by atoms with Crippen molar-refractivity contribution in [3.8, 4) is 5.75 Å². The minimum absolute atomic E-state index is 0.463. The second-order valence-electron chi connectivity index (χ2n) is 2.67. The Hall–Kier alpha value is -1.51. The van der Waals surface area contributed by atoms with Crippen LogP contribution in [0.4, 0.5) is 0 Å². The number of benzene rings is 1. The van der Waals surface area contributed by atoms with Crippen LogP contribution in [0.5, 0.6) is 5.75 Å². The molecule has 0 spiro atoms. The lowest BCUT2D eigenvalue weighted by Gasteiger charge is -2.12. The molecule has 1 rings (SSSR count). The van der Waals surface area contributed by atoms with Crippen LogP contribution in [0.1, 0.15) is 27.2 Å². The van der Waals surface area contributed by atoms with Gasteiger partial charge in [-0.25, -0.2) is 4.79 Å². The molecule has 1 atom stereocenters. The minimum atomic E-state index is -0.925. The van der Waals surface area contributed by atoms with E-state index in [-0.39, 0.29) is 0 Å². The lowest BCUT2D eigenvalue weighted by molar-refractivity contribution is -0.145. The monoisotopic (exact) mass is 210 g/mol. The Balaban J connectivity index is 0.000000921. The van der Waals surface area contributed by atoms with Gasteiger partial charge in [0.1, 0.15) is 5.75 Å². The maximum atomic E-state index is 10.6. The van der Waals surface area contributed by atoms with Crippen molar-refractivity contribution in [1.82, 2.24) is 0 Å². The van der Waals surface area contributed by atoms with Crippen LogP contribution in [0.2, 0.25) is 0 Å². The summed E-state index contributed by atoms with van der Waals surface area (Å²) in [5, 5.41) is 8.71. The van der Waals surface area contributed by atoms with Crippen molar-refractivity contribution >= 4 is 5.97 Å². The van der Waals surface area contributed by atoms with E-state index in [4.69, 9.17) is 9.84 Å². The zero-order valence-corrected chi connectivity index (χ0v) is 9.43. The summed E-state index contributed by atoms with van der Waals surface area (Å²) in [6.07, 6.45) is -0.285. The van der Waals surface area contributed by atoms with E-state index >= 15 is 0 Å².